The molecule has 0 saturated heterocycles. The second kappa shape index (κ2) is 2.03. The lowest BCUT2D eigenvalue weighted by Gasteiger charge is -2.11. The van der Waals surface area contributed by atoms with Crippen LogP contribution in [0.5, 0.6) is 0 Å². The van der Waals surface area contributed by atoms with Crippen LogP contribution < -0.4 is 5.73 Å². The van der Waals surface area contributed by atoms with Gasteiger partial charge in [-0.25, -0.2) is 0 Å². The smallest absolute Gasteiger partial charge is 0.0665 e. The van der Waals surface area contributed by atoms with Gasteiger partial charge in [0.25, 0.3) is 0 Å². The van der Waals surface area contributed by atoms with E-state index < -0.39 is 0 Å². The lowest BCUT2D eigenvalue weighted by Crippen LogP contribution is -2.34. The van der Waals surface area contributed by atoms with E-state index in [1.54, 1.807) is 6.92 Å². The largest absolute Gasteiger partial charge is 0.392 e. The van der Waals surface area contributed by atoms with Crippen LogP contribution in [0.3, 0.4) is 0 Å². The fourth-order valence-electron chi connectivity index (χ4n) is 0.875. The highest BCUT2D eigenvalue weighted by Gasteiger charge is 2.30. The van der Waals surface area contributed by atoms with Crippen molar-refractivity contribution in [2.24, 2.45) is 11.7 Å². The fourth-order valence-corrected chi connectivity index (χ4v) is 0.875. The molecular formula is C6H13NO. The van der Waals surface area contributed by atoms with E-state index >= 15 is 0 Å². The maximum Gasteiger partial charge on any atom is 0.0665 e. The molecule has 1 aliphatic carbocycles. The van der Waals surface area contributed by atoms with E-state index in [4.69, 9.17) is 10.8 Å². The summed E-state index contributed by atoms with van der Waals surface area (Å²) in [6.45, 7) is 1.75. The third kappa shape index (κ3) is 1.20. The summed E-state index contributed by atoms with van der Waals surface area (Å²) >= 11 is 0. The molecule has 0 bridgehead atoms. The van der Waals surface area contributed by atoms with Gasteiger partial charge in [-0.15, -0.1) is 0 Å². The van der Waals surface area contributed by atoms with E-state index in [2.05, 4.69) is 0 Å². The lowest BCUT2D eigenvalue weighted by molar-refractivity contribution is 0.154. The van der Waals surface area contributed by atoms with Crippen molar-refractivity contribution in [2.75, 3.05) is 0 Å². The number of aliphatic hydroxyl groups is 1. The third-order valence-corrected chi connectivity index (χ3v) is 1.72. The van der Waals surface area contributed by atoms with Gasteiger partial charge >= 0.3 is 0 Å². The Morgan fingerprint density at radius 1 is 1.62 bits per heavy atom. The molecule has 0 heterocycles. The predicted molar refractivity (Wildman–Crippen MR) is 32.4 cm³/mol. The highest BCUT2D eigenvalue weighted by Crippen LogP contribution is 2.32. The van der Waals surface area contributed by atoms with Crippen LogP contribution in [0.4, 0.5) is 0 Å². The number of hydrogen-bond donors (Lipinski definition) is 2. The maximum absolute atomic E-state index is 8.91. The Bertz CT molecular complexity index is 76.6. The summed E-state index contributed by atoms with van der Waals surface area (Å²) in [6, 6.07) is 0.0370. The van der Waals surface area contributed by atoms with Crippen LogP contribution in [0.2, 0.25) is 0 Å². The van der Waals surface area contributed by atoms with Gasteiger partial charge in [0.05, 0.1) is 6.10 Å². The normalized spacial score (nSPS) is 27.4. The third-order valence-electron chi connectivity index (χ3n) is 1.72. The van der Waals surface area contributed by atoms with Gasteiger partial charge in [0.2, 0.25) is 0 Å². The monoisotopic (exact) mass is 115 g/mol. The minimum absolute atomic E-state index is 0.0370. The van der Waals surface area contributed by atoms with Crippen molar-refractivity contribution in [3.63, 3.8) is 0 Å². The standard InChI is InChI=1S/C6H13NO/c1-4(8)6(7)5-2-3-5/h4-6,8H,2-3,7H2,1H3/t4?,6-/m0/s1. The Morgan fingerprint density at radius 3 is 2.25 bits per heavy atom. The van der Waals surface area contributed by atoms with Crippen molar-refractivity contribution in [2.45, 2.75) is 31.9 Å². The molecule has 1 aliphatic rings. The highest BCUT2D eigenvalue weighted by atomic mass is 16.3. The quantitative estimate of drug-likeness (QED) is 0.536. The molecule has 1 fully saturated rings. The molecule has 48 valence electrons. The summed E-state index contributed by atoms with van der Waals surface area (Å²) in [5.74, 6) is 0.620. The first-order valence-corrected chi connectivity index (χ1v) is 3.15. The number of hydrogen-bond acceptors (Lipinski definition) is 2. The first-order valence-electron chi connectivity index (χ1n) is 3.15. The van der Waals surface area contributed by atoms with E-state index in [0.717, 1.165) is 0 Å². The molecule has 2 nitrogen and oxygen atoms in total. The zero-order valence-electron chi connectivity index (χ0n) is 5.17. The molecular weight excluding hydrogens is 102 g/mol. The molecule has 0 aromatic heterocycles. The topological polar surface area (TPSA) is 46.2 Å². The SMILES string of the molecule is CC(O)[C@H](N)C1CC1. The van der Waals surface area contributed by atoms with Gasteiger partial charge in [0.15, 0.2) is 0 Å². The minimum atomic E-state index is -0.317. The van der Waals surface area contributed by atoms with E-state index in [9.17, 15) is 0 Å². The molecule has 2 atom stereocenters. The van der Waals surface area contributed by atoms with Crippen LogP contribution in [0.15, 0.2) is 0 Å². The van der Waals surface area contributed by atoms with Crippen LogP contribution in [-0.2, 0) is 0 Å². The van der Waals surface area contributed by atoms with Gasteiger partial charge in [0.1, 0.15) is 0 Å². The Kier molecular flexibility index (Phi) is 1.54. The number of nitrogens with two attached hydrogens (primary N) is 1. The van der Waals surface area contributed by atoms with Crippen LogP contribution in [0.25, 0.3) is 0 Å². The number of aliphatic hydroxyl groups excluding tert-OH is 1. The van der Waals surface area contributed by atoms with E-state index in [1.165, 1.54) is 12.8 Å². The molecule has 1 rings (SSSR count). The van der Waals surface area contributed by atoms with Crippen LogP contribution in [0, 0.1) is 5.92 Å². The average Bonchev–Trinajstić information content (AvgIpc) is 2.43. The molecule has 2 heteroatoms. The summed E-state index contributed by atoms with van der Waals surface area (Å²) in [5.41, 5.74) is 5.57. The lowest BCUT2D eigenvalue weighted by atomic mass is 10.1. The molecule has 0 radical (unpaired) electrons. The molecule has 8 heavy (non-hydrogen) atoms. The maximum atomic E-state index is 8.91. The fraction of sp³-hybridized carbons (Fsp3) is 1.00. The summed E-state index contributed by atoms with van der Waals surface area (Å²) in [7, 11) is 0. The molecule has 3 N–H and O–H groups in total. The van der Waals surface area contributed by atoms with Gasteiger partial charge in [-0.2, -0.15) is 0 Å². The summed E-state index contributed by atoms with van der Waals surface area (Å²) in [4.78, 5) is 0. The van der Waals surface area contributed by atoms with Crippen LogP contribution in [0.1, 0.15) is 19.8 Å². The molecule has 0 amide bonds. The van der Waals surface area contributed by atoms with Gasteiger partial charge in [-0.05, 0) is 25.7 Å². The van der Waals surface area contributed by atoms with Crippen molar-refractivity contribution in [1.82, 2.24) is 0 Å². The van der Waals surface area contributed by atoms with Crippen molar-refractivity contribution in [3.05, 3.63) is 0 Å². The van der Waals surface area contributed by atoms with Crippen molar-refractivity contribution >= 4 is 0 Å². The van der Waals surface area contributed by atoms with Gasteiger partial charge in [-0.1, -0.05) is 0 Å². The first kappa shape index (κ1) is 6.05. The van der Waals surface area contributed by atoms with Crippen LogP contribution in [-0.4, -0.2) is 17.3 Å². The second-order valence-electron chi connectivity index (χ2n) is 2.66. The van der Waals surface area contributed by atoms with Gasteiger partial charge in [-0.3, -0.25) is 0 Å². The molecule has 0 aromatic rings. The van der Waals surface area contributed by atoms with E-state index in [0.29, 0.717) is 5.92 Å². The van der Waals surface area contributed by atoms with Crippen LogP contribution >= 0.6 is 0 Å². The Balaban J connectivity index is 2.22. The van der Waals surface area contributed by atoms with Gasteiger partial charge in [0, 0.05) is 6.04 Å². The van der Waals surface area contributed by atoms with Gasteiger partial charge < -0.3 is 10.8 Å². The Labute approximate surface area is 49.7 Å². The zero-order chi connectivity index (χ0) is 6.15. The minimum Gasteiger partial charge on any atom is -0.392 e. The first-order chi connectivity index (χ1) is 3.72. The highest BCUT2D eigenvalue weighted by molar-refractivity contribution is 4.86. The Hall–Kier alpha value is -0.0800. The molecule has 0 aromatic carbocycles. The van der Waals surface area contributed by atoms with Crippen molar-refractivity contribution < 1.29 is 5.11 Å². The zero-order valence-corrected chi connectivity index (χ0v) is 5.17. The molecule has 1 saturated carbocycles. The average molecular weight is 115 g/mol. The summed E-state index contributed by atoms with van der Waals surface area (Å²) in [5, 5.41) is 8.91. The summed E-state index contributed by atoms with van der Waals surface area (Å²) < 4.78 is 0. The van der Waals surface area contributed by atoms with Crippen molar-refractivity contribution in [3.8, 4) is 0 Å². The van der Waals surface area contributed by atoms with Crippen molar-refractivity contribution in [1.29, 1.82) is 0 Å². The summed E-state index contributed by atoms with van der Waals surface area (Å²) in [6.07, 6.45) is 2.11. The molecule has 1 unspecified atom stereocenters. The van der Waals surface area contributed by atoms with E-state index in [1.807, 2.05) is 0 Å². The predicted octanol–water partition coefficient (Wildman–Crippen LogP) is 0.104. The second-order valence-corrected chi connectivity index (χ2v) is 2.66. The number of rotatable bonds is 2. The molecule has 0 spiro atoms. The van der Waals surface area contributed by atoms with E-state index in [-0.39, 0.29) is 12.1 Å². The Morgan fingerprint density at radius 2 is 2.12 bits per heavy atom. The molecule has 0 aliphatic heterocycles.